The lowest BCUT2D eigenvalue weighted by atomic mass is 10.1. The van der Waals surface area contributed by atoms with E-state index in [0.29, 0.717) is 12.5 Å². The van der Waals surface area contributed by atoms with Gasteiger partial charge in [0.25, 0.3) is 0 Å². The number of aromatic nitrogens is 2. The Morgan fingerprint density at radius 1 is 1.24 bits per heavy atom. The van der Waals surface area contributed by atoms with Gasteiger partial charge in [-0.1, -0.05) is 12.1 Å². The van der Waals surface area contributed by atoms with Gasteiger partial charge in [0, 0.05) is 17.6 Å². The molecule has 0 atom stereocenters. The number of nitrogens with one attached hydrogen (secondary N) is 1. The molecule has 5 nitrogen and oxygen atoms in total. The molecule has 2 aromatic heterocycles. The molecule has 25 heavy (non-hydrogen) atoms. The van der Waals surface area contributed by atoms with Crippen molar-refractivity contribution in [2.45, 2.75) is 32.7 Å². The van der Waals surface area contributed by atoms with Gasteiger partial charge in [0.05, 0.1) is 12.2 Å². The number of benzene rings is 1. The number of rotatable bonds is 3. The smallest absolute Gasteiger partial charge is 0.193 e. The Hall–Kier alpha value is -2.09. The summed E-state index contributed by atoms with van der Waals surface area (Å²) >= 11 is 0. The molecule has 3 aromatic rings. The van der Waals surface area contributed by atoms with E-state index in [0.717, 1.165) is 29.1 Å². The number of halogens is 1. The fourth-order valence-electron chi connectivity index (χ4n) is 3.28. The fraction of sp³-hybridized carbons (Fsp3) is 0.263. The van der Waals surface area contributed by atoms with Crippen LogP contribution in [0.4, 0.5) is 5.69 Å². The zero-order valence-electron chi connectivity index (χ0n) is 14.2. The van der Waals surface area contributed by atoms with Crippen molar-refractivity contribution in [3.63, 3.8) is 0 Å². The molecule has 6 heteroatoms. The highest BCUT2D eigenvalue weighted by Crippen LogP contribution is 2.24. The summed E-state index contributed by atoms with van der Waals surface area (Å²) in [5.41, 5.74) is 12.9. The topological polar surface area (TPSA) is 67.7 Å². The van der Waals surface area contributed by atoms with E-state index in [1.165, 1.54) is 24.0 Å². The van der Waals surface area contributed by atoms with Gasteiger partial charge in [-0.3, -0.25) is 0 Å². The molecule has 0 amide bonds. The van der Waals surface area contributed by atoms with Crippen LogP contribution in [-0.2, 0) is 19.4 Å². The van der Waals surface area contributed by atoms with Crippen LogP contribution in [0, 0.1) is 6.92 Å². The number of imidazole rings is 1. The number of nitrogens with zero attached hydrogens (tertiary/aromatic N) is 3. The molecule has 0 saturated heterocycles. The minimum atomic E-state index is 0. The number of pyridine rings is 1. The van der Waals surface area contributed by atoms with Crippen LogP contribution < -0.4 is 11.1 Å². The molecule has 130 valence electrons. The summed E-state index contributed by atoms with van der Waals surface area (Å²) in [4.78, 5) is 8.99. The van der Waals surface area contributed by atoms with Gasteiger partial charge in [0.2, 0.25) is 0 Å². The second-order valence-electron chi connectivity index (χ2n) is 6.29. The van der Waals surface area contributed by atoms with Crippen molar-refractivity contribution >= 4 is 41.3 Å². The number of nitrogens with two attached hydrogens (primary N) is 1. The molecular weight excluding hydrogens is 425 g/mol. The molecule has 0 aliphatic heterocycles. The minimum Gasteiger partial charge on any atom is -0.370 e. The van der Waals surface area contributed by atoms with Gasteiger partial charge in [-0.2, -0.15) is 0 Å². The number of aliphatic imine (C=N–C) groups is 1. The molecule has 1 aliphatic carbocycles. The summed E-state index contributed by atoms with van der Waals surface area (Å²) in [6, 6.07) is 12.5. The van der Waals surface area contributed by atoms with E-state index in [1.54, 1.807) is 0 Å². The molecule has 1 aliphatic rings. The van der Waals surface area contributed by atoms with E-state index in [-0.39, 0.29) is 24.0 Å². The van der Waals surface area contributed by atoms with Gasteiger partial charge >= 0.3 is 0 Å². The lowest BCUT2D eigenvalue weighted by Crippen LogP contribution is -2.22. The van der Waals surface area contributed by atoms with Gasteiger partial charge in [-0.25, -0.2) is 9.98 Å². The monoisotopic (exact) mass is 447 g/mol. The number of guanidine groups is 1. The van der Waals surface area contributed by atoms with E-state index >= 15 is 0 Å². The Morgan fingerprint density at radius 3 is 2.92 bits per heavy atom. The highest BCUT2D eigenvalue weighted by atomic mass is 127. The maximum Gasteiger partial charge on any atom is 0.193 e. The first-order chi connectivity index (χ1) is 11.7. The van der Waals surface area contributed by atoms with Crippen molar-refractivity contribution in [1.29, 1.82) is 0 Å². The number of anilines is 1. The summed E-state index contributed by atoms with van der Waals surface area (Å²) < 4.78 is 2.06. The summed E-state index contributed by atoms with van der Waals surface area (Å²) in [5.74, 6) is 0.418. The Labute approximate surface area is 164 Å². The van der Waals surface area contributed by atoms with Crippen LogP contribution in [0.25, 0.3) is 5.65 Å². The largest absolute Gasteiger partial charge is 0.370 e. The number of aryl methyl sites for hydroxylation is 3. The van der Waals surface area contributed by atoms with Crippen molar-refractivity contribution in [3.05, 3.63) is 65.1 Å². The summed E-state index contributed by atoms with van der Waals surface area (Å²) in [6.45, 7) is 2.52. The van der Waals surface area contributed by atoms with Crippen LogP contribution in [0.2, 0.25) is 0 Å². The van der Waals surface area contributed by atoms with Crippen molar-refractivity contribution in [2.24, 2.45) is 10.7 Å². The Bertz CT molecular complexity index is 929. The molecule has 4 rings (SSSR count). The molecule has 0 unspecified atom stereocenters. The maximum atomic E-state index is 6.03. The molecule has 2 heterocycles. The maximum absolute atomic E-state index is 6.03. The first-order valence-electron chi connectivity index (χ1n) is 8.31. The SMILES string of the molecule is Cc1cccc2nc(CN=C(N)Nc3ccc4c(c3)CCC4)cn12.I. The third-order valence-electron chi connectivity index (χ3n) is 4.53. The van der Waals surface area contributed by atoms with Gasteiger partial charge in [-0.05, 0) is 61.6 Å². The van der Waals surface area contributed by atoms with Gasteiger partial charge in [-0.15, -0.1) is 24.0 Å². The third-order valence-corrected chi connectivity index (χ3v) is 4.53. The normalized spacial score (nSPS) is 13.6. The second kappa shape index (κ2) is 7.43. The molecule has 0 fully saturated rings. The molecular formula is C19H22IN5. The highest BCUT2D eigenvalue weighted by molar-refractivity contribution is 14.0. The lowest BCUT2D eigenvalue weighted by Gasteiger charge is -2.07. The molecule has 0 saturated carbocycles. The third kappa shape index (κ3) is 3.78. The minimum absolute atomic E-state index is 0. The zero-order valence-corrected chi connectivity index (χ0v) is 16.5. The summed E-state index contributed by atoms with van der Waals surface area (Å²) in [7, 11) is 0. The first-order valence-corrected chi connectivity index (χ1v) is 8.31. The molecule has 3 N–H and O–H groups in total. The number of fused-ring (bicyclic) bond motifs is 2. The van der Waals surface area contributed by atoms with E-state index < -0.39 is 0 Å². The van der Waals surface area contributed by atoms with Gasteiger partial charge < -0.3 is 15.5 Å². The summed E-state index contributed by atoms with van der Waals surface area (Å²) in [6.07, 6.45) is 5.60. The molecule has 0 bridgehead atoms. The van der Waals surface area contributed by atoms with Crippen molar-refractivity contribution in [3.8, 4) is 0 Å². The van der Waals surface area contributed by atoms with Crippen molar-refractivity contribution < 1.29 is 0 Å². The predicted octanol–water partition coefficient (Wildman–Crippen LogP) is 3.68. The average Bonchev–Trinajstić information content (AvgIpc) is 3.19. The van der Waals surface area contributed by atoms with Crippen LogP contribution in [0.1, 0.15) is 28.9 Å². The number of hydrogen-bond donors (Lipinski definition) is 2. The number of hydrogen-bond acceptors (Lipinski definition) is 2. The van der Waals surface area contributed by atoms with E-state index in [4.69, 9.17) is 5.73 Å². The molecule has 1 aromatic carbocycles. The van der Waals surface area contributed by atoms with Crippen molar-refractivity contribution in [1.82, 2.24) is 9.38 Å². The van der Waals surface area contributed by atoms with Gasteiger partial charge in [0.1, 0.15) is 5.65 Å². The predicted molar refractivity (Wildman–Crippen MR) is 113 cm³/mol. The quantitative estimate of drug-likeness (QED) is 0.366. The highest BCUT2D eigenvalue weighted by Gasteiger charge is 2.11. The summed E-state index contributed by atoms with van der Waals surface area (Å²) in [5, 5.41) is 3.18. The second-order valence-corrected chi connectivity index (χ2v) is 6.29. The van der Waals surface area contributed by atoms with Crippen LogP contribution in [-0.4, -0.2) is 15.3 Å². The van der Waals surface area contributed by atoms with Crippen LogP contribution in [0.15, 0.2) is 47.6 Å². The van der Waals surface area contributed by atoms with Gasteiger partial charge in [0.15, 0.2) is 5.96 Å². The van der Waals surface area contributed by atoms with Crippen LogP contribution in [0.3, 0.4) is 0 Å². The average molecular weight is 447 g/mol. The molecule has 0 radical (unpaired) electrons. The Balaban J connectivity index is 0.00000182. The first kappa shape index (κ1) is 17.7. The Morgan fingerprint density at radius 2 is 2.08 bits per heavy atom. The van der Waals surface area contributed by atoms with E-state index in [9.17, 15) is 0 Å². The Kier molecular flexibility index (Phi) is 5.27. The van der Waals surface area contributed by atoms with Crippen LogP contribution in [0.5, 0.6) is 0 Å². The van der Waals surface area contributed by atoms with Crippen molar-refractivity contribution in [2.75, 3.05) is 5.32 Å². The zero-order chi connectivity index (χ0) is 16.5. The van der Waals surface area contributed by atoms with E-state index in [1.807, 2.05) is 18.3 Å². The van der Waals surface area contributed by atoms with Crippen LogP contribution >= 0.6 is 24.0 Å². The standard InChI is InChI=1S/C19H21N5.HI/c1-13-4-2-7-18-22-17(12-24(13)18)11-21-19(20)23-16-9-8-14-5-3-6-15(14)10-16;/h2,4,7-10,12H,3,5-6,11H2,1H3,(H3,20,21,23);1H. The fourth-order valence-corrected chi connectivity index (χ4v) is 3.28. The molecule has 0 spiro atoms. The van der Waals surface area contributed by atoms with E-state index in [2.05, 4.69) is 50.9 Å². The lowest BCUT2D eigenvalue weighted by molar-refractivity contribution is 0.912.